The molecule has 0 aromatic rings. The minimum Gasteiger partial charge on any atom is -0.487 e. The molecule has 0 aromatic heterocycles. The number of ether oxygens (including phenoxy) is 2. The summed E-state index contributed by atoms with van der Waals surface area (Å²) in [5, 5.41) is 1.34. The van der Waals surface area contributed by atoms with Crippen molar-refractivity contribution < 1.29 is 9.47 Å². The molecule has 144 valence electrons. The molecule has 0 amide bonds. The molecule has 0 saturated carbocycles. The fourth-order valence-electron chi connectivity index (χ4n) is 2.20. The predicted molar refractivity (Wildman–Crippen MR) is 115 cm³/mol. The Hall–Kier alpha value is -0.220. The number of thiocarbonyl (C=S) groups is 2. The Kier molecular flexibility index (Phi) is 24.7. The monoisotopic (exact) mass is 376 g/mol. The van der Waals surface area contributed by atoms with E-state index in [9.17, 15) is 0 Å². The Labute approximate surface area is 162 Å². The Bertz CT molecular complexity index is 253. The molecule has 0 N–H and O–H groups in total. The summed E-state index contributed by atoms with van der Waals surface area (Å²) in [7, 11) is 0. The first-order chi connectivity index (χ1) is 11.5. The van der Waals surface area contributed by atoms with E-state index in [1.54, 1.807) is 0 Å². The van der Waals surface area contributed by atoms with Gasteiger partial charge in [0.05, 0.1) is 13.2 Å². The Morgan fingerprint density at radius 1 is 0.542 bits per heavy atom. The minimum absolute atomic E-state index is 0.670. The molecule has 0 spiro atoms. The van der Waals surface area contributed by atoms with Crippen molar-refractivity contribution in [2.45, 2.75) is 105 Å². The van der Waals surface area contributed by atoms with E-state index in [0.29, 0.717) is 10.1 Å². The van der Waals surface area contributed by atoms with Crippen molar-refractivity contribution in [2.75, 3.05) is 13.2 Å². The first-order valence-electron chi connectivity index (χ1n) is 9.81. The quantitative estimate of drug-likeness (QED) is 0.232. The van der Waals surface area contributed by atoms with Crippen molar-refractivity contribution in [1.82, 2.24) is 0 Å². The first-order valence-corrected chi connectivity index (χ1v) is 10.6. The smallest absolute Gasteiger partial charge is 0.156 e. The van der Waals surface area contributed by atoms with Crippen LogP contribution < -0.4 is 0 Å². The van der Waals surface area contributed by atoms with Crippen LogP contribution in [-0.2, 0) is 9.47 Å². The van der Waals surface area contributed by atoms with Gasteiger partial charge in [-0.3, -0.25) is 0 Å². The maximum absolute atomic E-state index is 5.18. The van der Waals surface area contributed by atoms with Gasteiger partial charge in [-0.05, 0) is 37.3 Å². The highest BCUT2D eigenvalue weighted by Gasteiger charge is 1.92. The second kappa shape index (κ2) is 22.8. The molecule has 0 heterocycles. The molecule has 0 aliphatic rings. The second-order valence-electron chi connectivity index (χ2n) is 6.22. The molecule has 0 atom stereocenters. The van der Waals surface area contributed by atoms with Crippen LogP contribution in [0.5, 0.6) is 0 Å². The molecule has 0 unspecified atom stereocenters. The molecule has 4 heteroatoms. The van der Waals surface area contributed by atoms with Crippen LogP contribution in [0.2, 0.25) is 0 Å². The third-order valence-electron chi connectivity index (χ3n) is 3.61. The van der Waals surface area contributed by atoms with E-state index < -0.39 is 0 Å². The maximum Gasteiger partial charge on any atom is 0.156 e. The Morgan fingerprint density at radius 3 is 1.12 bits per heavy atom. The topological polar surface area (TPSA) is 18.5 Å². The molecule has 0 aliphatic carbocycles. The first kappa shape index (κ1) is 26.0. The summed E-state index contributed by atoms with van der Waals surface area (Å²) >= 11 is 9.59. The zero-order chi connectivity index (χ0) is 18.5. The molecule has 0 bridgehead atoms. The fraction of sp³-hybridized carbons (Fsp3) is 0.900. The van der Waals surface area contributed by atoms with Crippen LogP contribution in [0.4, 0.5) is 0 Å². The normalized spacial score (nSPS) is 9.83. The summed E-state index contributed by atoms with van der Waals surface area (Å²) in [4.78, 5) is 0. The van der Waals surface area contributed by atoms with Crippen molar-refractivity contribution >= 4 is 34.5 Å². The van der Waals surface area contributed by atoms with Crippen molar-refractivity contribution in [2.24, 2.45) is 0 Å². The lowest BCUT2D eigenvalue weighted by molar-refractivity contribution is 0.297. The van der Waals surface area contributed by atoms with Crippen molar-refractivity contribution in [3.05, 3.63) is 0 Å². The van der Waals surface area contributed by atoms with Gasteiger partial charge in [-0.15, -0.1) is 0 Å². The minimum atomic E-state index is 0.670. The van der Waals surface area contributed by atoms with Crippen LogP contribution in [-0.4, -0.2) is 23.3 Å². The standard InChI is InChI=1S/2C10H20OS/c2*1-3-4-5-6-7-8-9-11-10(2)12/h2*3-9H2,1-2H3. The third-order valence-corrected chi connectivity index (χ3v) is 3.84. The van der Waals surface area contributed by atoms with Gasteiger partial charge in [0, 0.05) is 13.8 Å². The number of hydrogen-bond donors (Lipinski definition) is 0. The van der Waals surface area contributed by atoms with Gasteiger partial charge < -0.3 is 9.47 Å². The second-order valence-corrected chi connectivity index (χ2v) is 7.37. The lowest BCUT2D eigenvalue weighted by Crippen LogP contribution is -1.97. The molecule has 2 nitrogen and oxygen atoms in total. The summed E-state index contributed by atoms with van der Waals surface area (Å²) in [5.74, 6) is 0. The lowest BCUT2D eigenvalue weighted by Gasteiger charge is -2.02. The summed E-state index contributed by atoms with van der Waals surface area (Å²) in [6.07, 6.45) is 15.6. The summed E-state index contributed by atoms with van der Waals surface area (Å²) < 4.78 is 10.4. The number of rotatable bonds is 14. The highest BCUT2D eigenvalue weighted by Crippen LogP contribution is 2.05. The summed E-state index contributed by atoms with van der Waals surface area (Å²) in [6, 6.07) is 0. The molecule has 0 radical (unpaired) electrons. The van der Waals surface area contributed by atoms with Gasteiger partial charge in [0.2, 0.25) is 0 Å². The molecule has 0 saturated heterocycles. The molecule has 0 fully saturated rings. The highest BCUT2D eigenvalue weighted by atomic mass is 32.1. The van der Waals surface area contributed by atoms with E-state index >= 15 is 0 Å². The highest BCUT2D eigenvalue weighted by molar-refractivity contribution is 7.80. The van der Waals surface area contributed by atoms with Gasteiger partial charge in [-0.1, -0.05) is 78.1 Å². The Balaban J connectivity index is 0. The summed E-state index contributed by atoms with van der Waals surface area (Å²) in [5.41, 5.74) is 0. The zero-order valence-electron chi connectivity index (χ0n) is 16.5. The molecular weight excluding hydrogens is 336 g/mol. The number of unbranched alkanes of at least 4 members (excludes halogenated alkanes) is 10. The lowest BCUT2D eigenvalue weighted by atomic mass is 10.1. The van der Waals surface area contributed by atoms with E-state index in [4.69, 9.17) is 33.9 Å². The van der Waals surface area contributed by atoms with Gasteiger partial charge in [0.1, 0.15) is 0 Å². The van der Waals surface area contributed by atoms with Crippen LogP contribution in [0.1, 0.15) is 105 Å². The molecular formula is C20H40O2S2. The average Bonchev–Trinajstić information content (AvgIpc) is 2.53. The van der Waals surface area contributed by atoms with E-state index in [2.05, 4.69) is 13.8 Å². The summed E-state index contributed by atoms with van der Waals surface area (Å²) in [6.45, 7) is 9.74. The molecule has 0 aromatic carbocycles. The van der Waals surface area contributed by atoms with Gasteiger partial charge >= 0.3 is 0 Å². The van der Waals surface area contributed by atoms with Gasteiger partial charge in [-0.2, -0.15) is 0 Å². The van der Waals surface area contributed by atoms with E-state index in [0.717, 1.165) is 26.1 Å². The van der Waals surface area contributed by atoms with Crippen molar-refractivity contribution in [3.63, 3.8) is 0 Å². The van der Waals surface area contributed by atoms with Crippen LogP contribution in [0.3, 0.4) is 0 Å². The van der Waals surface area contributed by atoms with E-state index in [1.807, 2.05) is 13.8 Å². The van der Waals surface area contributed by atoms with Gasteiger partial charge in [-0.25, -0.2) is 0 Å². The van der Waals surface area contributed by atoms with Crippen molar-refractivity contribution in [3.8, 4) is 0 Å². The molecule has 24 heavy (non-hydrogen) atoms. The predicted octanol–water partition coefficient (Wildman–Crippen LogP) is 7.42. The van der Waals surface area contributed by atoms with Crippen LogP contribution >= 0.6 is 24.4 Å². The van der Waals surface area contributed by atoms with Gasteiger partial charge in [0.25, 0.3) is 0 Å². The van der Waals surface area contributed by atoms with Gasteiger partial charge in [0.15, 0.2) is 10.1 Å². The zero-order valence-corrected chi connectivity index (χ0v) is 18.2. The Morgan fingerprint density at radius 2 is 0.833 bits per heavy atom. The van der Waals surface area contributed by atoms with E-state index in [-0.39, 0.29) is 0 Å². The molecule has 0 rings (SSSR count). The fourth-order valence-corrected chi connectivity index (χ4v) is 2.36. The van der Waals surface area contributed by atoms with Crippen molar-refractivity contribution in [1.29, 1.82) is 0 Å². The number of hydrogen-bond acceptors (Lipinski definition) is 4. The molecule has 0 aliphatic heterocycles. The van der Waals surface area contributed by atoms with E-state index in [1.165, 1.54) is 64.2 Å². The largest absolute Gasteiger partial charge is 0.487 e. The van der Waals surface area contributed by atoms with Crippen LogP contribution in [0, 0.1) is 0 Å². The SMILES string of the molecule is CCCCCCCCOC(C)=S.CCCCCCCCOC(C)=S. The van der Waals surface area contributed by atoms with Crippen LogP contribution in [0.25, 0.3) is 0 Å². The van der Waals surface area contributed by atoms with Crippen LogP contribution in [0.15, 0.2) is 0 Å². The third kappa shape index (κ3) is 29.7. The average molecular weight is 377 g/mol. The maximum atomic E-state index is 5.18.